The van der Waals surface area contributed by atoms with E-state index in [0.717, 1.165) is 11.8 Å². The molecule has 0 unspecified atom stereocenters. The molecule has 0 spiro atoms. The second-order valence-electron chi connectivity index (χ2n) is 8.38. The number of allylic oxidation sites excluding steroid dienone is 2. The summed E-state index contributed by atoms with van der Waals surface area (Å²) < 4.78 is 5.19. The summed E-state index contributed by atoms with van der Waals surface area (Å²) in [6, 6.07) is 17.8. The first-order valence-electron chi connectivity index (χ1n) is 11.1. The van der Waals surface area contributed by atoms with Crippen LogP contribution in [0, 0.1) is 11.8 Å². The summed E-state index contributed by atoms with van der Waals surface area (Å²) in [4.78, 5) is 0. The largest absolute Gasteiger partial charge is 0.380 e. The number of unbranched alkanes of at least 4 members (excludes halogenated alkanes) is 1. The maximum atomic E-state index is 5.19. The van der Waals surface area contributed by atoms with E-state index in [2.05, 4.69) is 67.6 Å². The van der Waals surface area contributed by atoms with Gasteiger partial charge in [0.25, 0.3) is 0 Å². The average molecular weight is 377 g/mol. The van der Waals surface area contributed by atoms with Gasteiger partial charge in [-0.2, -0.15) is 0 Å². The zero-order chi connectivity index (χ0) is 19.6. The quantitative estimate of drug-likeness (QED) is 0.323. The highest BCUT2D eigenvalue weighted by atomic mass is 16.5. The number of ether oxygens (including phenoxy) is 1. The van der Waals surface area contributed by atoms with Crippen molar-refractivity contribution in [3.05, 3.63) is 71.8 Å². The predicted molar refractivity (Wildman–Crippen MR) is 120 cm³/mol. The molecular formula is C27H36O. The van der Waals surface area contributed by atoms with E-state index < -0.39 is 0 Å². The first kappa shape index (κ1) is 20.9. The molecule has 0 amide bonds. The van der Waals surface area contributed by atoms with Gasteiger partial charge in [0, 0.05) is 7.11 Å². The zero-order valence-electron chi connectivity index (χ0n) is 17.7. The van der Waals surface area contributed by atoms with Gasteiger partial charge in [0.15, 0.2) is 0 Å². The third-order valence-corrected chi connectivity index (χ3v) is 6.24. The number of benzene rings is 2. The highest BCUT2D eigenvalue weighted by Crippen LogP contribution is 2.32. The van der Waals surface area contributed by atoms with Crippen molar-refractivity contribution >= 4 is 0 Å². The molecule has 0 radical (unpaired) electrons. The summed E-state index contributed by atoms with van der Waals surface area (Å²) in [6.45, 7) is 2.83. The first-order chi connectivity index (χ1) is 13.8. The zero-order valence-corrected chi connectivity index (χ0v) is 17.7. The fourth-order valence-corrected chi connectivity index (χ4v) is 4.53. The molecule has 0 atom stereocenters. The van der Waals surface area contributed by atoms with Crippen LogP contribution < -0.4 is 0 Å². The number of hydrogen-bond acceptors (Lipinski definition) is 1. The number of methoxy groups -OCH3 is 1. The standard InChI is InChI=1S/C27H36O/c1-3-6-22-9-11-23(12-10-22)7-4-5-8-24-13-17-26(18-14-24)27-19-15-25(16-20-27)21-28-2/h3,6,13-20,22-23H,4-5,7-12,21H2,1-2H3/b6-3-/t22-,23-. The predicted octanol–water partition coefficient (Wildman–Crippen LogP) is 7.60. The number of aryl methyl sites for hydroxylation is 1. The van der Waals surface area contributed by atoms with Crippen LogP contribution in [0.5, 0.6) is 0 Å². The van der Waals surface area contributed by atoms with E-state index in [1.807, 2.05) is 0 Å². The minimum Gasteiger partial charge on any atom is -0.380 e. The van der Waals surface area contributed by atoms with E-state index in [9.17, 15) is 0 Å². The molecule has 0 aliphatic heterocycles. The Morgan fingerprint density at radius 1 is 0.821 bits per heavy atom. The molecule has 2 aromatic rings. The highest BCUT2D eigenvalue weighted by molar-refractivity contribution is 5.63. The molecule has 0 heterocycles. The van der Waals surface area contributed by atoms with Gasteiger partial charge >= 0.3 is 0 Å². The lowest BCUT2D eigenvalue weighted by molar-refractivity contribution is 0.185. The minimum absolute atomic E-state index is 0.677. The van der Waals surface area contributed by atoms with Crippen LogP contribution in [0.1, 0.15) is 63.0 Å². The van der Waals surface area contributed by atoms with Crippen molar-refractivity contribution in [3.63, 3.8) is 0 Å². The monoisotopic (exact) mass is 376 g/mol. The van der Waals surface area contributed by atoms with Gasteiger partial charge in [0.05, 0.1) is 6.61 Å². The average Bonchev–Trinajstić information content (AvgIpc) is 2.74. The molecule has 0 aromatic heterocycles. The van der Waals surface area contributed by atoms with Crippen LogP contribution in [0.3, 0.4) is 0 Å². The molecule has 0 N–H and O–H groups in total. The molecule has 3 rings (SSSR count). The molecular weight excluding hydrogens is 340 g/mol. The summed E-state index contributed by atoms with van der Waals surface area (Å²) in [5.41, 5.74) is 5.26. The molecule has 1 aliphatic rings. The van der Waals surface area contributed by atoms with E-state index in [0.29, 0.717) is 6.61 Å². The van der Waals surface area contributed by atoms with Crippen molar-refractivity contribution in [2.45, 2.75) is 64.9 Å². The van der Waals surface area contributed by atoms with Crippen LogP contribution in [0.4, 0.5) is 0 Å². The number of rotatable bonds is 9. The molecule has 150 valence electrons. The van der Waals surface area contributed by atoms with Crippen molar-refractivity contribution in [1.82, 2.24) is 0 Å². The molecule has 1 aliphatic carbocycles. The number of hydrogen-bond donors (Lipinski definition) is 0. The Kier molecular flexibility index (Phi) is 8.36. The van der Waals surface area contributed by atoms with Crippen LogP contribution in [0.15, 0.2) is 60.7 Å². The maximum Gasteiger partial charge on any atom is 0.0713 e. The van der Waals surface area contributed by atoms with E-state index in [1.54, 1.807) is 7.11 Å². The Morgan fingerprint density at radius 3 is 2.00 bits per heavy atom. The summed E-state index contributed by atoms with van der Waals surface area (Å²) in [7, 11) is 1.74. The maximum absolute atomic E-state index is 5.19. The van der Waals surface area contributed by atoms with Crippen LogP contribution >= 0.6 is 0 Å². The lowest BCUT2D eigenvalue weighted by Gasteiger charge is -2.26. The Balaban J connectivity index is 1.39. The summed E-state index contributed by atoms with van der Waals surface area (Å²) >= 11 is 0. The topological polar surface area (TPSA) is 9.23 Å². The van der Waals surface area contributed by atoms with Crippen molar-refractivity contribution in [2.24, 2.45) is 11.8 Å². The van der Waals surface area contributed by atoms with Crippen LogP contribution in [0.2, 0.25) is 0 Å². The van der Waals surface area contributed by atoms with Gasteiger partial charge in [-0.05, 0) is 79.5 Å². The first-order valence-corrected chi connectivity index (χ1v) is 11.1. The normalized spacial score (nSPS) is 19.9. The fourth-order valence-electron chi connectivity index (χ4n) is 4.53. The Morgan fingerprint density at radius 2 is 1.43 bits per heavy atom. The SMILES string of the molecule is C/C=C\[C@H]1CC[C@H](CCCCc2ccc(-c3ccc(COC)cc3)cc2)CC1. The highest BCUT2D eigenvalue weighted by Gasteiger charge is 2.18. The molecule has 28 heavy (non-hydrogen) atoms. The molecule has 1 nitrogen and oxygen atoms in total. The summed E-state index contributed by atoms with van der Waals surface area (Å²) in [5.74, 6) is 1.83. The van der Waals surface area contributed by atoms with Gasteiger partial charge < -0.3 is 4.74 Å². The third-order valence-electron chi connectivity index (χ3n) is 6.24. The third kappa shape index (κ3) is 6.34. The van der Waals surface area contributed by atoms with Gasteiger partial charge in [-0.1, -0.05) is 73.5 Å². The Hall–Kier alpha value is -1.86. The lowest BCUT2D eigenvalue weighted by atomic mass is 9.79. The van der Waals surface area contributed by atoms with E-state index in [4.69, 9.17) is 4.74 Å². The van der Waals surface area contributed by atoms with Crippen molar-refractivity contribution in [1.29, 1.82) is 0 Å². The Labute approximate surface area is 171 Å². The summed E-state index contributed by atoms with van der Waals surface area (Å²) in [5, 5.41) is 0. The van der Waals surface area contributed by atoms with Gasteiger partial charge in [-0.25, -0.2) is 0 Å². The second-order valence-corrected chi connectivity index (χ2v) is 8.38. The van der Waals surface area contributed by atoms with Crippen molar-refractivity contribution < 1.29 is 4.74 Å². The van der Waals surface area contributed by atoms with Crippen molar-refractivity contribution in [2.75, 3.05) is 7.11 Å². The van der Waals surface area contributed by atoms with Crippen LogP contribution in [-0.4, -0.2) is 7.11 Å². The minimum atomic E-state index is 0.677. The molecule has 0 saturated heterocycles. The molecule has 1 fully saturated rings. The summed E-state index contributed by atoms with van der Waals surface area (Å²) in [6.07, 6.45) is 15.7. The molecule has 1 saturated carbocycles. The van der Waals surface area contributed by atoms with Gasteiger partial charge in [-0.3, -0.25) is 0 Å². The molecule has 2 aromatic carbocycles. The van der Waals surface area contributed by atoms with E-state index in [1.165, 1.54) is 73.6 Å². The molecule has 0 bridgehead atoms. The second kappa shape index (κ2) is 11.2. The van der Waals surface area contributed by atoms with E-state index in [-0.39, 0.29) is 0 Å². The van der Waals surface area contributed by atoms with Crippen LogP contribution in [-0.2, 0) is 17.8 Å². The van der Waals surface area contributed by atoms with Crippen LogP contribution in [0.25, 0.3) is 11.1 Å². The van der Waals surface area contributed by atoms with E-state index >= 15 is 0 Å². The lowest BCUT2D eigenvalue weighted by Crippen LogP contribution is -2.13. The Bertz CT molecular complexity index is 703. The van der Waals surface area contributed by atoms with Crippen molar-refractivity contribution in [3.8, 4) is 11.1 Å². The molecule has 1 heteroatoms. The van der Waals surface area contributed by atoms with Gasteiger partial charge in [0.1, 0.15) is 0 Å². The van der Waals surface area contributed by atoms with Gasteiger partial charge in [-0.15, -0.1) is 0 Å². The smallest absolute Gasteiger partial charge is 0.0713 e. The fraction of sp³-hybridized carbons (Fsp3) is 0.481. The van der Waals surface area contributed by atoms with Gasteiger partial charge in [0.2, 0.25) is 0 Å².